The molecular formula is C17H31N. The maximum atomic E-state index is 3.97. The molecule has 0 radical (unpaired) electrons. The van der Waals surface area contributed by atoms with Gasteiger partial charge in [-0.15, -0.1) is 0 Å². The van der Waals surface area contributed by atoms with E-state index in [0.29, 0.717) is 5.41 Å². The van der Waals surface area contributed by atoms with Crippen LogP contribution in [0.15, 0.2) is 0 Å². The van der Waals surface area contributed by atoms with Crippen molar-refractivity contribution in [3.63, 3.8) is 0 Å². The monoisotopic (exact) mass is 249 g/mol. The zero-order valence-corrected chi connectivity index (χ0v) is 12.5. The van der Waals surface area contributed by atoms with Crippen molar-refractivity contribution < 1.29 is 0 Å². The van der Waals surface area contributed by atoms with Gasteiger partial charge in [-0.2, -0.15) is 0 Å². The summed E-state index contributed by atoms with van der Waals surface area (Å²) in [5, 5.41) is 3.97. The number of hydrogen-bond donors (Lipinski definition) is 1. The zero-order valence-electron chi connectivity index (χ0n) is 12.5. The predicted octanol–water partition coefficient (Wildman–Crippen LogP) is 4.37. The average molecular weight is 249 g/mol. The van der Waals surface area contributed by atoms with Crippen LogP contribution in [0.5, 0.6) is 0 Å². The van der Waals surface area contributed by atoms with E-state index >= 15 is 0 Å². The van der Waals surface area contributed by atoms with E-state index in [2.05, 4.69) is 26.1 Å². The fraction of sp³-hybridized carbons (Fsp3) is 1.00. The van der Waals surface area contributed by atoms with Crippen molar-refractivity contribution in [3.05, 3.63) is 0 Å². The molecule has 0 amide bonds. The van der Waals surface area contributed by atoms with Gasteiger partial charge in [-0.25, -0.2) is 0 Å². The van der Waals surface area contributed by atoms with Gasteiger partial charge in [-0.05, 0) is 81.5 Å². The molecule has 1 heteroatoms. The quantitative estimate of drug-likeness (QED) is 0.763. The molecule has 0 aromatic heterocycles. The van der Waals surface area contributed by atoms with E-state index in [4.69, 9.17) is 0 Å². The Bertz CT molecular complexity index is 257. The van der Waals surface area contributed by atoms with Crippen LogP contribution in [0, 0.1) is 23.2 Å². The Balaban J connectivity index is 1.70. The minimum absolute atomic E-state index is 0.678. The lowest BCUT2D eigenvalue weighted by atomic mass is 9.48. The molecule has 0 aromatic rings. The van der Waals surface area contributed by atoms with E-state index in [0.717, 1.165) is 29.8 Å². The Morgan fingerprint density at radius 2 is 1.39 bits per heavy atom. The van der Waals surface area contributed by atoms with Crippen molar-refractivity contribution in [1.29, 1.82) is 0 Å². The fourth-order valence-electron chi connectivity index (χ4n) is 5.76. The van der Waals surface area contributed by atoms with Crippen LogP contribution in [-0.4, -0.2) is 12.1 Å². The Kier molecular flexibility index (Phi) is 3.47. The summed E-state index contributed by atoms with van der Waals surface area (Å²) in [7, 11) is 0. The third-order valence-electron chi connectivity index (χ3n) is 6.48. The normalized spacial score (nSPS) is 43.7. The van der Waals surface area contributed by atoms with E-state index < -0.39 is 0 Å². The van der Waals surface area contributed by atoms with Crippen LogP contribution in [0.4, 0.5) is 0 Å². The van der Waals surface area contributed by atoms with E-state index in [1.165, 1.54) is 32.1 Å². The zero-order chi connectivity index (χ0) is 12.8. The SMILES string of the molecule is CCC(CC)NC(C)C12CC3CC(CC(C3)C1)C2. The van der Waals surface area contributed by atoms with Crippen molar-refractivity contribution >= 4 is 0 Å². The topological polar surface area (TPSA) is 12.0 Å². The molecule has 4 rings (SSSR count). The second-order valence-corrected chi connectivity index (χ2v) is 7.68. The van der Waals surface area contributed by atoms with Gasteiger partial charge >= 0.3 is 0 Å². The maximum Gasteiger partial charge on any atom is 0.00980 e. The summed E-state index contributed by atoms with van der Waals surface area (Å²) in [5.74, 6) is 3.26. The van der Waals surface area contributed by atoms with Crippen LogP contribution in [-0.2, 0) is 0 Å². The molecule has 1 unspecified atom stereocenters. The summed E-state index contributed by atoms with van der Waals surface area (Å²) < 4.78 is 0. The molecule has 4 bridgehead atoms. The summed E-state index contributed by atoms with van der Waals surface area (Å²) in [6, 6.07) is 1.49. The Morgan fingerprint density at radius 1 is 0.944 bits per heavy atom. The third-order valence-corrected chi connectivity index (χ3v) is 6.48. The molecule has 0 spiro atoms. The first-order valence-electron chi connectivity index (χ1n) is 8.41. The summed E-state index contributed by atoms with van der Waals surface area (Å²) in [6.45, 7) is 7.15. The van der Waals surface area contributed by atoms with Crippen LogP contribution in [0.1, 0.15) is 72.1 Å². The maximum absolute atomic E-state index is 3.97. The molecule has 4 saturated carbocycles. The highest BCUT2D eigenvalue weighted by atomic mass is 15.0. The van der Waals surface area contributed by atoms with Gasteiger partial charge in [0.25, 0.3) is 0 Å². The van der Waals surface area contributed by atoms with E-state index in [-0.39, 0.29) is 0 Å². The molecule has 4 aliphatic rings. The van der Waals surface area contributed by atoms with Crippen LogP contribution in [0.2, 0.25) is 0 Å². The summed E-state index contributed by atoms with van der Waals surface area (Å²) in [6.07, 6.45) is 11.9. The predicted molar refractivity (Wildman–Crippen MR) is 77.6 cm³/mol. The van der Waals surface area contributed by atoms with Gasteiger partial charge in [0.1, 0.15) is 0 Å². The summed E-state index contributed by atoms with van der Waals surface area (Å²) in [5.41, 5.74) is 0.678. The Morgan fingerprint density at radius 3 is 1.78 bits per heavy atom. The minimum Gasteiger partial charge on any atom is -0.311 e. The van der Waals surface area contributed by atoms with Crippen molar-refractivity contribution in [2.75, 3.05) is 0 Å². The van der Waals surface area contributed by atoms with E-state index in [1.807, 2.05) is 0 Å². The highest BCUT2D eigenvalue weighted by molar-refractivity contribution is 5.05. The van der Waals surface area contributed by atoms with E-state index in [9.17, 15) is 0 Å². The highest BCUT2D eigenvalue weighted by Crippen LogP contribution is 2.61. The van der Waals surface area contributed by atoms with Crippen molar-refractivity contribution in [2.45, 2.75) is 84.2 Å². The van der Waals surface area contributed by atoms with Crippen LogP contribution >= 0.6 is 0 Å². The molecule has 18 heavy (non-hydrogen) atoms. The number of rotatable bonds is 5. The Labute approximate surface area is 113 Å². The van der Waals surface area contributed by atoms with Crippen molar-refractivity contribution in [3.8, 4) is 0 Å². The van der Waals surface area contributed by atoms with Gasteiger partial charge < -0.3 is 5.32 Å². The lowest BCUT2D eigenvalue weighted by Crippen LogP contribution is -2.56. The van der Waals surface area contributed by atoms with Crippen LogP contribution in [0.25, 0.3) is 0 Å². The number of hydrogen-bond acceptors (Lipinski definition) is 1. The van der Waals surface area contributed by atoms with Gasteiger partial charge in [-0.1, -0.05) is 13.8 Å². The first-order valence-corrected chi connectivity index (χ1v) is 8.41. The average Bonchev–Trinajstić information content (AvgIpc) is 2.34. The lowest BCUT2D eigenvalue weighted by molar-refractivity contribution is -0.0722. The molecule has 4 fully saturated rings. The summed E-state index contributed by atoms with van der Waals surface area (Å²) in [4.78, 5) is 0. The van der Waals surface area contributed by atoms with Gasteiger partial charge in [0.15, 0.2) is 0 Å². The summed E-state index contributed by atoms with van der Waals surface area (Å²) >= 11 is 0. The molecule has 4 aliphatic carbocycles. The molecule has 0 aliphatic heterocycles. The van der Waals surface area contributed by atoms with Crippen LogP contribution < -0.4 is 5.32 Å². The minimum atomic E-state index is 0.678. The van der Waals surface area contributed by atoms with Gasteiger partial charge in [0, 0.05) is 12.1 Å². The molecule has 1 nitrogen and oxygen atoms in total. The first-order chi connectivity index (χ1) is 8.65. The first kappa shape index (κ1) is 13.0. The standard InChI is InChI=1S/C17H31N/c1-4-16(5-2)18-12(3)17-9-13-6-14(10-17)8-15(7-13)11-17/h12-16,18H,4-11H2,1-3H3. The fourth-order valence-corrected chi connectivity index (χ4v) is 5.76. The van der Waals surface area contributed by atoms with Crippen LogP contribution in [0.3, 0.4) is 0 Å². The second kappa shape index (κ2) is 4.81. The molecule has 1 N–H and O–H groups in total. The molecule has 0 heterocycles. The van der Waals surface area contributed by atoms with Crippen molar-refractivity contribution in [2.24, 2.45) is 23.2 Å². The lowest BCUT2D eigenvalue weighted by Gasteiger charge is -2.59. The van der Waals surface area contributed by atoms with Gasteiger partial charge in [0.2, 0.25) is 0 Å². The highest BCUT2D eigenvalue weighted by Gasteiger charge is 2.53. The molecule has 0 saturated heterocycles. The molecular weight excluding hydrogens is 218 g/mol. The Hall–Kier alpha value is -0.0400. The molecule has 104 valence electrons. The third kappa shape index (κ3) is 2.13. The second-order valence-electron chi connectivity index (χ2n) is 7.68. The largest absolute Gasteiger partial charge is 0.311 e. The van der Waals surface area contributed by atoms with E-state index in [1.54, 1.807) is 19.3 Å². The van der Waals surface area contributed by atoms with Gasteiger partial charge in [0.05, 0.1) is 0 Å². The van der Waals surface area contributed by atoms with Crippen molar-refractivity contribution in [1.82, 2.24) is 5.32 Å². The number of nitrogens with one attached hydrogen (secondary N) is 1. The van der Waals surface area contributed by atoms with Gasteiger partial charge in [-0.3, -0.25) is 0 Å². The molecule has 0 aromatic carbocycles. The molecule has 1 atom stereocenters. The smallest absolute Gasteiger partial charge is 0.00980 e.